The van der Waals surface area contributed by atoms with Gasteiger partial charge >= 0.3 is 0 Å². The van der Waals surface area contributed by atoms with Crippen molar-refractivity contribution in [2.45, 2.75) is 26.8 Å². The molecule has 9 heteroatoms. The molecule has 0 bridgehead atoms. The number of hydrogen-bond acceptors (Lipinski definition) is 6. The quantitative estimate of drug-likeness (QED) is 0.227. The van der Waals surface area contributed by atoms with E-state index in [0.29, 0.717) is 52.3 Å². The van der Waals surface area contributed by atoms with Gasteiger partial charge in [-0.2, -0.15) is 0 Å². The van der Waals surface area contributed by atoms with Crippen LogP contribution < -0.4 is 16.4 Å². The van der Waals surface area contributed by atoms with Crippen LogP contribution in [0.2, 0.25) is 0 Å². The van der Waals surface area contributed by atoms with Crippen LogP contribution in [0.5, 0.6) is 0 Å². The molecule has 0 aliphatic rings. The van der Waals surface area contributed by atoms with Gasteiger partial charge in [-0.3, -0.25) is 14.0 Å². The third-order valence-electron chi connectivity index (χ3n) is 6.07. The number of carbonyl (C=O) groups is 2. The molecule has 38 heavy (non-hydrogen) atoms. The summed E-state index contributed by atoms with van der Waals surface area (Å²) in [5, 5.41) is 6.49. The van der Waals surface area contributed by atoms with Gasteiger partial charge in [0.15, 0.2) is 10.8 Å². The number of amides is 2. The van der Waals surface area contributed by atoms with E-state index in [9.17, 15) is 9.59 Å². The SMILES string of the molecule is C=C(CC(C)C)C(=O)Nc1c(-c2ccccc2)nc2c(C(=O)NCc3ccc4nc(N)sc4c3)cccn12. The fraction of sp³-hybridized carbons (Fsp3) is 0.172. The van der Waals surface area contributed by atoms with E-state index >= 15 is 0 Å². The van der Waals surface area contributed by atoms with Gasteiger partial charge in [-0.15, -0.1) is 0 Å². The zero-order valence-corrected chi connectivity index (χ0v) is 22.0. The minimum atomic E-state index is -0.272. The Bertz CT molecular complexity index is 1670. The molecule has 5 aromatic rings. The molecule has 3 heterocycles. The molecular formula is C29H28N6O2S. The average Bonchev–Trinajstić information content (AvgIpc) is 3.46. The van der Waals surface area contributed by atoms with Crippen LogP contribution in [0.15, 0.2) is 79.0 Å². The molecule has 192 valence electrons. The fourth-order valence-electron chi connectivity index (χ4n) is 4.32. The molecule has 0 spiro atoms. The first-order chi connectivity index (χ1) is 18.3. The highest BCUT2D eigenvalue weighted by molar-refractivity contribution is 7.22. The second-order valence-electron chi connectivity index (χ2n) is 9.48. The average molecular weight is 525 g/mol. The lowest BCUT2D eigenvalue weighted by Gasteiger charge is -2.11. The maximum Gasteiger partial charge on any atom is 0.255 e. The molecule has 5 rings (SSSR count). The van der Waals surface area contributed by atoms with Gasteiger partial charge in [0.2, 0.25) is 0 Å². The summed E-state index contributed by atoms with van der Waals surface area (Å²) in [6, 6.07) is 18.9. The third kappa shape index (κ3) is 5.14. The lowest BCUT2D eigenvalue weighted by atomic mass is 10.0. The molecule has 2 amide bonds. The number of benzene rings is 2. The Morgan fingerprint density at radius 3 is 2.63 bits per heavy atom. The van der Waals surface area contributed by atoms with Crippen LogP contribution in [0.3, 0.4) is 0 Å². The van der Waals surface area contributed by atoms with Gasteiger partial charge in [0.25, 0.3) is 11.8 Å². The van der Waals surface area contributed by atoms with E-state index in [1.165, 1.54) is 11.3 Å². The van der Waals surface area contributed by atoms with Crippen LogP contribution in [-0.2, 0) is 11.3 Å². The highest BCUT2D eigenvalue weighted by Crippen LogP contribution is 2.31. The molecule has 0 aliphatic heterocycles. The van der Waals surface area contributed by atoms with Crippen LogP contribution in [-0.4, -0.2) is 26.2 Å². The Labute approximate surface area is 224 Å². The molecular weight excluding hydrogens is 496 g/mol. The Kier molecular flexibility index (Phi) is 6.93. The van der Waals surface area contributed by atoms with E-state index in [-0.39, 0.29) is 11.8 Å². The molecule has 0 atom stereocenters. The summed E-state index contributed by atoms with van der Waals surface area (Å²) in [4.78, 5) is 35.4. The second kappa shape index (κ2) is 10.5. The van der Waals surface area contributed by atoms with Gasteiger partial charge in [0.1, 0.15) is 11.5 Å². The molecule has 8 nitrogen and oxygen atoms in total. The zero-order valence-electron chi connectivity index (χ0n) is 21.2. The molecule has 0 radical (unpaired) electrons. The van der Waals surface area contributed by atoms with Crippen molar-refractivity contribution in [1.29, 1.82) is 0 Å². The van der Waals surface area contributed by atoms with Crippen molar-refractivity contribution in [2.24, 2.45) is 5.92 Å². The molecule has 0 saturated carbocycles. The Morgan fingerprint density at radius 2 is 1.87 bits per heavy atom. The number of nitrogen functional groups attached to an aromatic ring is 1. The van der Waals surface area contributed by atoms with E-state index in [4.69, 9.17) is 10.7 Å². The molecule has 0 fully saturated rings. The standard InChI is InChI=1S/C29H28N6O2S/c1-17(2)14-18(3)27(36)34-26-24(20-8-5-4-6-9-20)33-25-21(10-7-13-35(25)26)28(37)31-16-19-11-12-22-23(15-19)38-29(30)32-22/h4-13,15,17H,3,14,16H2,1-2H3,(H2,30,32)(H,31,37)(H,34,36). The smallest absolute Gasteiger partial charge is 0.255 e. The van der Waals surface area contributed by atoms with Gasteiger partial charge in [-0.05, 0) is 42.2 Å². The van der Waals surface area contributed by atoms with Gasteiger partial charge in [-0.25, -0.2) is 9.97 Å². The van der Waals surface area contributed by atoms with Crippen LogP contribution in [0.25, 0.3) is 27.1 Å². The number of anilines is 2. The fourth-order valence-corrected chi connectivity index (χ4v) is 5.12. The van der Waals surface area contributed by atoms with Crippen LogP contribution in [0.1, 0.15) is 36.2 Å². The monoisotopic (exact) mass is 524 g/mol. The topological polar surface area (TPSA) is 114 Å². The van der Waals surface area contributed by atoms with Crippen molar-refractivity contribution in [2.75, 3.05) is 11.1 Å². The lowest BCUT2D eigenvalue weighted by molar-refractivity contribution is -0.113. The number of thiazole rings is 1. The number of nitrogens with zero attached hydrogens (tertiary/aromatic N) is 3. The summed E-state index contributed by atoms with van der Waals surface area (Å²) >= 11 is 1.41. The number of aromatic nitrogens is 3. The Balaban J connectivity index is 1.47. The number of carbonyl (C=O) groups excluding carboxylic acids is 2. The summed E-state index contributed by atoms with van der Waals surface area (Å²) in [7, 11) is 0. The molecule has 3 aromatic heterocycles. The predicted molar refractivity (Wildman–Crippen MR) is 153 cm³/mol. The van der Waals surface area contributed by atoms with Gasteiger partial charge in [0, 0.05) is 23.9 Å². The van der Waals surface area contributed by atoms with E-state index in [1.54, 1.807) is 22.7 Å². The van der Waals surface area contributed by atoms with Crippen molar-refractivity contribution < 1.29 is 9.59 Å². The number of imidazole rings is 1. The summed E-state index contributed by atoms with van der Waals surface area (Å²) in [6.07, 6.45) is 2.37. The number of rotatable bonds is 8. The Morgan fingerprint density at radius 1 is 1.08 bits per heavy atom. The van der Waals surface area contributed by atoms with Crippen molar-refractivity contribution in [3.63, 3.8) is 0 Å². The maximum absolute atomic E-state index is 13.3. The third-order valence-corrected chi connectivity index (χ3v) is 6.92. The van der Waals surface area contributed by atoms with E-state index in [0.717, 1.165) is 21.3 Å². The number of fused-ring (bicyclic) bond motifs is 2. The number of nitrogens with one attached hydrogen (secondary N) is 2. The summed E-state index contributed by atoms with van der Waals surface area (Å²) < 4.78 is 2.71. The molecule has 0 saturated heterocycles. The highest BCUT2D eigenvalue weighted by Gasteiger charge is 2.21. The first kappa shape index (κ1) is 25.2. The largest absolute Gasteiger partial charge is 0.375 e. The van der Waals surface area contributed by atoms with Gasteiger partial charge in [-0.1, -0.05) is 68.2 Å². The first-order valence-corrected chi connectivity index (χ1v) is 13.1. The van der Waals surface area contributed by atoms with Crippen molar-refractivity contribution in [1.82, 2.24) is 19.7 Å². The number of nitrogens with two attached hydrogens (primary N) is 1. The van der Waals surface area contributed by atoms with Crippen molar-refractivity contribution in [3.8, 4) is 11.3 Å². The molecule has 0 unspecified atom stereocenters. The Hall–Kier alpha value is -4.50. The van der Waals surface area contributed by atoms with Crippen LogP contribution in [0.4, 0.5) is 10.9 Å². The van der Waals surface area contributed by atoms with Crippen LogP contribution in [0, 0.1) is 5.92 Å². The summed E-state index contributed by atoms with van der Waals surface area (Å²) in [6.45, 7) is 8.37. The minimum Gasteiger partial charge on any atom is -0.375 e. The minimum absolute atomic E-state index is 0.272. The van der Waals surface area contributed by atoms with E-state index in [2.05, 4.69) is 22.2 Å². The van der Waals surface area contributed by atoms with E-state index < -0.39 is 0 Å². The summed E-state index contributed by atoms with van der Waals surface area (Å²) in [5.41, 5.74) is 10.3. The number of hydrogen-bond donors (Lipinski definition) is 3. The predicted octanol–water partition coefficient (Wildman–Crippen LogP) is 5.66. The maximum atomic E-state index is 13.3. The van der Waals surface area contributed by atoms with Crippen LogP contribution >= 0.6 is 11.3 Å². The van der Waals surface area contributed by atoms with E-state index in [1.807, 2.05) is 62.4 Å². The lowest BCUT2D eigenvalue weighted by Crippen LogP contribution is -2.23. The first-order valence-electron chi connectivity index (χ1n) is 12.3. The number of pyridine rings is 1. The normalized spacial score (nSPS) is 11.2. The van der Waals surface area contributed by atoms with Gasteiger partial charge < -0.3 is 16.4 Å². The summed E-state index contributed by atoms with van der Waals surface area (Å²) in [5.74, 6) is 0.246. The van der Waals surface area contributed by atoms with Crippen molar-refractivity contribution in [3.05, 3.63) is 90.1 Å². The van der Waals surface area contributed by atoms with Crippen molar-refractivity contribution >= 4 is 50.0 Å². The molecule has 2 aromatic carbocycles. The highest BCUT2D eigenvalue weighted by atomic mass is 32.1. The van der Waals surface area contributed by atoms with Gasteiger partial charge in [0.05, 0.1) is 15.8 Å². The molecule has 0 aliphatic carbocycles. The molecule has 4 N–H and O–H groups in total. The second-order valence-corrected chi connectivity index (χ2v) is 10.5. The zero-order chi connectivity index (χ0) is 26.8.